The van der Waals surface area contributed by atoms with Crippen LogP contribution in [0.25, 0.3) is 11.4 Å². The zero-order valence-corrected chi connectivity index (χ0v) is 13.2. The van der Waals surface area contributed by atoms with Crippen LogP contribution in [0, 0.1) is 20.8 Å². The van der Waals surface area contributed by atoms with Crippen LogP contribution in [0.1, 0.15) is 42.1 Å². The maximum absolute atomic E-state index is 4.72. The van der Waals surface area contributed by atoms with Gasteiger partial charge in [0, 0.05) is 23.9 Å². The molecule has 0 fully saturated rings. The summed E-state index contributed by atoms with van der Waals surface area (Å²) in [4.78, 5) is 9.45. The van der Waals surface area contributed by atoms with Crippen LogP contribution in [0.2, 0.25) is 0 Å². The highest BCUT2D eigenvalue weighted by Crippen LogP contribution is 2.29. The molecular formula is C17H23N3. The highest BCUT2D eigenvalue weighted by molar-refractivity contribution is 5.64. The van der Waals surface area contributed by atoms with E-state index < -0.39 is 0 Å². The molecule has 0 unspecified atom stereocenters. The molecule has 0 bridgehead atoms. The van der Waals surface area contributed by atoms with E-state index in [1.54, 1.807) is 0 Å². The summed E-state index contributed by atoms with van der Waals surface area (Å²) in [5, 5.41) is 3.21. The van der Waals surface area contributed by atoms with Crippen LogP contribution >= 0.6 is 0 Å². The van der Waals surface area contributed by atoms with Crippen molar-refractivity contribution in [1.82, 2.24) is 9.97 Å². The van der Waals surface area contributed by atoms with Gasteiger partial charge in [0.1, 0.15) is 5.82 Å². The van der Waals surface area contributed by atoms with Gasteiger partial charge in [-0.25, -0.2) is 9.97 Å². The summed E-state index contributed by atoms with van der Waals surface area (Å²) < 4.78 is 0. The number of hydrogen-bond acceptors (Lipinski definition) is 3. The molecule has 2 rings (SSSR count). The van der Waals surface area contributed by atoms with Gasteiger partial charge in [-0.1, -0.05) is 32.0 Å². The zero-order valence-electron chi connectivity index (χ0n) is 13.2. The Morgan fingerprint density at radius 1 is 1.05 bits per heavy atom. The Labute approximate surface area is 121 Å². The van der Waals surface area contributed by atoms with Crippen molar-refractivity contribution in [2.75, 3.05) is 12.4 Å². The molecule has 3 heteroatoms. The minimum Gasteiger partial charge on any atom is -0.373 e. The lowest BCUT2D eigenvalue weighted by Gasteiger charge is -2.16. The molecule has 0 radical (unpaired) electrons. The molecule has 0 amide bonds. The molecule has 0 saturated carbocycles. The van der Waals surface area contributed by atoms with E-state index in [2.05, 4.69) is 58.1 Å². The molecule has 2 aromatic rings. The van der Waals surface area contributed by atoms with Crippen molar-refractivity contribution < 1.29 is 0 Å². The standard InChI is InChI=1S/C17H23N3/c1-10(2)15-13(5)19-16(20-17(15)18-6)14-9-7-8-11(3)12(14)4/h7-10H,1-6H3,(H,18,19,20). The first-order valence-corrected chi connectivity index (χ1v) is 7.08. The highest BCUT2D eigenvalue weighted by atomic mass is 15.0. The third-order valence-electron chi connectivity index (χ3n) is 3.80. The lowest BCUT2D eigenvalue weighted by Crippen LogP contribution is -2.07. The highest BCUT2D eigenvalue weighted by Gasteiger charge is 2.15. The molecule has 1 heterocycles. The van der Waals surface area contributed by atoms with E-state index in [0.717, 1.165) is 22.9 Å². The number of aryl methyl sites for hydroxylation is 2. The summed E-state index contributed by atoms with van der Waals surface area (Å²) in [6.45, 7) is 10.6. The number of aromatic nitrogens is 2. The van der Waals surface area contributed by atoms with Gasteiger partial charge in [0.15, 0.2) is 5.82 Å². The molecule has 3 nitrogen and oxygen atoms in total. The number of anilines is 1. The maximum Gasteiger partial charge on any atom is 0.162 e. The third kappa shape index (κ3) is 2.53. The molecule has 0 spiro atoms. The Morgan fingerprint density at radius 3 is 2.35 bits per heavy atom. The van der Waals surface area contributed by atoms with E-state index in [9.17, 15) is 0 Å². The molecule has 0 aliphatic carbocycles. The smallest absolute Gasteiger partial charge is 0.162 e. The summed E-state index contributed by atoms with van der Waals surface area (Å²) in [5.41, 5.74) is 5.87. The largest absolute Gasteiger partial charge is 0.373 e. The van der Waals surface area contributed by atoms with Crippen molar-refractivity contribution >= 4 is 5.82 Å². The first-order chi connectivity index (χ1) is 9.45. The van der Waals surface area contributed by atoms with E-state index in [1.807, 2.05) is 7.05 Å². The van der Waals surface area contributed by atoms with Crippen molar-refractivity contribution in [1.29, 1.82) is 0 Å². The molecule has 1 aromatic heterocycles. The molecule has 106 valence electrons. The fraction of sp³-hybridized carbons (Fsp3) is 0.412. The van der Waals surface area contributed by atoms with E-state index >= 15 is 0 Å². The molecule has 0 aliphatic heterocycles. The van der Waals surface area contributed by atoms with Gasteiger partial charge in [0.25, 0.3) is 0 Å². The minimum atomic E-state index is 0.408. The monoisotopic (exact) mass is 269 g/mol. The van der Waals surface area contributed by atoms with Crippen LogP contribution in [0.15, 0.2) is 18.2 Å². The summed E-state index contributed by atoms with van der Waals surface area (Å²) in [6.07, 6.45) is 0. The average Bonchev–Trinajstić information content (AvgIpc) is 2.40. The van der Waals surface area contributed by atoms with E-state index in [4.69, 9.17) is 9.97 Å². The van der Waals surface area contributed by atoms with Crippen LogP contribution in [0.4, 0.5) is 5.82 Å². The lowest BCUT2D eigenvalue weighted by molar-refractivity contribution is 0.833. The van der Waals surface area contributed by atoms with Crippen LogP contribution in [-0.4, -0.2) is 17.0 Å². The molecule has 20 heavy (non-hydrogen) atoms. The van der Waals surface area contributed by atoms with E-state index in [0.29, 0.717) is 5.92 Å². The van der Waals surface area contributed by atoms with Gasteiger partial charge >= 0.3 is 0 Å². The maximum atomic E-state index is 4.72. The molecule has 0 atom stereocenters. The Morgan fingerprint density at radius 2 is 1.75 bits per heavy atom. The van der Waals surface area contributed by atoms with E-state index in [-0.39, 0.29) is 0 Å². The zero-order chi connectivity index (χ0) is 14.9. The molecule has 0 aliphatic rings. The van der Waals surface area contributed by atoms with Crippen LogP contribution in [0.5, 0.6) is 0 Å². The van der Waals surface area contributed by atoms with Crippen molar-refractivity contribution in [2.24, 2.45) is 0 Å². The van der Waals surface area contributed by atoms with Crippen molar-refractivity contribution in [2.45, 2.75) is 40.5 Å². The summed E-state index contributed by atoms with van der Waals surface area (Å²) in [5.74, 6) is 2.14. The Hall–Kier alpha value is -1.90. The average molecular weight is 269 g/mol. The predicted molar refractivity (Wildman–Crippen MR) is 85.3 cm³/mol. The number of nitrogens with one attached hydrogen (secondary N) is 1. The molecular weight excluding hydrogens is 246 g/mol. The van der Waals surface area contributed by atoms with Crippen molar-refractivity contribution in [3.05, 3.63) is 40.6 Å². The van der Waals surface area contributed by atoms with E-state index in [1.165, 1.54) is 16.7 Å². The quantitative estimate of drug-likeness (QED) is 0.906. The molecule has 1 aromatic carbocycles. The van der Waals surface area contributed by atoms with Crippen LogP contribution in [-0.2, 0) is 0 Å². The van der Waals surface area contributed by atoms with Crippen molar-refractivity contribution in [3.63, 3.8) is 0 Å². The summed E-state index contributed by atoms with van der Waals surface area (Å²) in [6, 6.07) is 6.27. The fourth-order valence-corrected chi connectivity index (χ4v) is 2.58. The van der Waals surface area contributed by atoms with Gasteiger partial charge in [-0.3, -0.25) is 0 Å². The Kier molecular flexibility index (Phi) is 4.07. The molecule has 1 N–H and O–H groups in total. The topological polar surface area (TPSA) is 37.8 Å². The third-order valence-corrected chi connectivity index (χ3v) is 3.80. The summed E-state index contributed by atoms with van der Waals surface area (Å²) >= 11 is 0. The van der Waals surface area contributed by atoms with Gasteiger partial charge in [-0.05, 0) is 37.8 Å². The number of benzene rings is 1. The SMILES string of the molecule is CNc1nc(-c2cccc(C)c2C)nc(C)c1C(C)C. The minimum absolute atomic E-state index is 0.408. The van der Waals surface area contributed by atoms with Gasteiger partial charge in [-0.15, -0.1) is 0 Å². The van der Waals surface area contributed by atoms with Crippen LogP contribution < -0.4 is 5.32 Å². The first-order valence-electron chi connectivity index (χ1n) is 7.08. The fourth-order valence-electron chi connectivity index (χ4n) is 2.58. The predicted octanol–water partition coefficient (Wildman–Crippen LogP) is 4.23. The Bertz CT molecular complexity index is 630. The van der Waals surface area contributed by atoms with Gasteiger partial charge in [0.05, 0.1) is 0 Å². The second-order valence-corrected chi connectivity index (χ2v) is 5.55. The number of nitrogens with zero attached hydrogens (tertiary/aromatic N) is 2. The summed E-state index contributed by atoms with van der Waals surface area (Å²) in [7, 11) is 1.92. The molecule has 0 saturated heterocycles. The van der Waals surface area contributed by atoms with Crippen LogP contribution in [0.3, 0.4) is 0 Å². The first kappa shape index (κ1) is 14.5. The second-order valence-electron chi connectivity index (χ2n) is 5.55. The van der Waals surface area contributed by atoms with Gasteiger partial charge < -0.3 is 5.32 Å². The second kappa shape index (κ2) is 5.61. The lowest BCUT2D eigenvalue weighted by atomic mass is 10.00. The van der Waals surface area contributed by atoms with Crippen molar-refractivity contribution in [3.8, 4) is 11.4 Å². The normalized spacial score (nSPS) is 10.9. The number of rotatable bonds is 3. The number of hydrogen-bond donors (Lipinski definition) is 1. The Balaban J connectivity index is 2.65. The van der Waals surface area contributed by atoms with Gasteiger partial charge in [-0.2, -0.15) is 0 Å². The van der Waals surface area contributed by atoms with Gasteiger partial charge in [0.2, 0.25) is 0 Å².